The lowest BCUT2D eigenvalue weighted by molar-refractivity contribution is 0.408. The van der Waals surface area contributed by atoms with Crippen molar-refractivity contribution in [2.45, 2.75) is 6.04 Å². The van der Waals surface area contributed by atoms with Gasteiger partial charge in [0.1, 0.15) is 23.4 Å². The highest BCUT2D eigenvalue weighted by Crippen LogP contribution is 2.32. The van der Waals surface area contributed by atoms with Crippen molar-refractivity contribution in [1.29, 1.82) is 0 Å². The molecule has 136 valence electrons. The van der Waals surface area contributed by atoms with Crippen molar-refractivity contribution in [3.63, 3.8) is 0 Å². The molecule has 0 fully saturated rings. The molecule has 1 unspecified atom stereocenters. The number of benzene rings is 2. The van der Waals surface area contributed by atoms with Crippen LogP contribution in [0.25, 0.3) is 10.9 Å². The second-order valence-corrected chi connectivity index (χ2v) is 7.16. The molecule has 0 saturated carbocycles. The van der Waals surface area contributed by atoms with Gasteiger partial charge < -0.3 is 14.6 Å². The molecule has 4 aromatic rings. The number of hydrogen-bond acceptors (Lipinski definition) is 4. The van der Waals surface area contributed by atoms with Crippen LogP contribution in [0, 0.1) is 0 Å². The van der Waals surface area contributed by atoms with Crippen LogP contribution < -0.4 is 10.1 Å². The quantitative estimate of drug-likeness (QED) is 0.494. The molecule has 1 atom stereocenters. The zero-order valence-electron chi connectivity index (χ0n) is 15.1. The first-order valence-corrected chi connectivity index (χ1v) is 9.38. The first kappa shape index (κ1) is 17.5. The van der Waals surface area contributed by atoms with E-state index in [-0.39, 0.29) is 6.04 Å². The highest BCUT2D eigenvalue weighted by atomic mass is 79.9. The number of anilines is 1. The van der Waals surface area contributed by atoms with E-state index in [4.69, 9.17) is 9.72 Å². The molecule has 27 heavy (non-hydrogen) atoms. The standard InChI is InChI=1S/C21H19BrN4O/c1-26-12-11-23-21(26)20(16-5-3-4-6-18(16)27-2)25-19-10-7-14-13-15(22)8-9-17(14)24-19/h3-13,20H,1-2H3,(H,24,25). The van der Waals surface area contributed by atoms with Crippen LogP contribution >= 0.6 is 15.9 Å². The summed E-state index contributed by atoms with van der Waals surface area (Å²) in [5.41, 5.74) is 1.94. The Morgan fingerprint density at radius 3 is 2.74 bits per heavy atom. The number of rotatable bonds is 5. The van der Waals surface area contributed by atoms with Crippen LogP contribution in [-0.2, 0) is 7.05 Å². The summed E-state index contributed by atoms with van der Waals surface area (Å²) in [6.45, 7) is 0. The molecular formula is C21H19BrN4O. The number of fused-ring (bicyclic) bond motifs is 1. The average molecular weight is 423 g/mol. The summed E-state index contributed by atoms with van der Waals surface area (Å²) in [7, 11) is 3.66. The Balaban J connectivity index is 1.78. The van der Waals surface area contributed by atoms with Gasteiger partial charge in [-0.25, -0.2) is 9.97 Å². The first-order chi connectivity index (χ1) is 13.2. The van der Waals surface area contributed by atoms with Crippen LogP contribution in [0.3, 0.4) is 0 Å². The van der Waals surface area contributed by atoms with E-state index in [0.29, 0.717) is 0 Å². The summed E-state index contributed by atoms with van der Waals surface area (Å²) in [6.07, 6.45) is 3.73. The second-order valence-electron chi connectivity index (χ2n) is 6.25. The normalized spacial score (nSPS) is 12.1. The van der Waals surface area contributed by atoms with Gasteiger partial charge in [0, 0.05) is 34.9 Å². The lowest BCUT2D eigenvalue weighted by atomic mass is 10.0. The van der Waals surface area contributed by atoms with Gasteiger partial charge in [0.05, 0.1) is 12.6 Å². The lowest BCUT2D eigenvalue weighted by Gasteiger charge is -2.22. The molecule has 2 aromatic carbocycles. The van der Waals surface area contributed by atoms with Crippen LogP contribution in [0.15, 0.2) is 71.5 Å². The smallest absolute Gasteiger partial charge is 0.135 e. The molecule has 0 saturated heterocycles. The molecule has 0 spiro atoms. The SMILES string of the molecule is COc1ccccc1C(Nc1ccc2cc(Br)ccc2n1)c1nccn1C. The number of pyridine rings is 1. The highest BCUT2D eigenvalue weighted by Gasteiger charge is 2.22. The van der Waals surface area contributed by atoms with Gasteiger partial charge in [-0.1, -0.05) is 34.1 Å². The van der Waals surface area contributed by atoms with Crippen LogP contribution in [0.4, 0.5) is 5.82 Å². The van der Waals surface area contributed by atoms with Gasteiger partial charge in [-0.05, 0) is 36.4 Å². The summed E-state index contributed by atoms with van der Waals surface area (Å²) in [5, 5.41) is 4.62. The van der Waals surface area contributed by atoms with Gasteiger partial charge in [-0.15, -0.1) is 0 Å². The Morgan fingerprint density at radius 1 is 1.11 bits per heavy atom. The second kappa shape index (κ2) is 7.40. The Kier molecular flexibility index (Phi) is 4.81. The molecule has 0 bridgehead atoms. The predicted molar refractivity (Wildman–Crippen MR) is 111 cm³/mol. The van der Waals surface area contributed by atoms with Crippen molar-refractivity contribution in [2.24, 2.45) is 7.05 Å². The van der Waals surface area contributed by atoms with Gasteiger partial charge in [0.15, 0.2) is 0 Å². The van der Waals surface area contributed by atoms with E-state index in [1.807, 2.05) is 60.3 Å². The number of hydrogen-bond donors (Lipinski definition) is 1. The lowest BCUT2D eigenvalue weighted by Crippen LogP contribution is -2.18. The third-order valence-corrected chi connectivity index (χ3v) is 5.00. The van der Waals surface area contributed by atoms with E-state index in [1.54, 1.807) is 13.3 Å². The maximum Gasteiger partial charge on any atom is 0.135 e. The van der Waals surface area contributed by atoms with Crippen molar-refractivity contribution in [3.8, 4) is 5.75 Å². The number of ether oxygens (including phenoxy) is 1. The minimum Gasteiger partial charge on any atom is -0.496 e. The fourth-order valence-corrected chi connectivity index (χ4v) is 3.55. The van der Waals surface area contributed by atoms with Crippen LogP contribution in [0.5, 0.6) is 5.75 Å². The molecule has 4 rings (SSSR count). The van der Waals surface area contributed by atoms with E-state index in [9.17, 15) is 0 Å². The molecule has 5 nitrogen and oxygen atoms in total. The summed E-state index contributed by atoms with van der Waals surface area (Å²) >= 11 is 3.50. The number of aryl methyl sites for hydroxylation is 1. The molecular weight excluding hydrogens is 404 g/mol. The van der Waals surface area contributed by atoms with Gasteiger partial charge in [0.25, 0.3) is 0 Å². The predicted octanol–water partition coefficient (Wildman–Crippen LogP) is 4.94. The Morgan fingerprint density at radius 2 is 1.96 bits per heavy atom. The fraction of sp³-hybridized carbons (Fsp3) is 0.143. The third kappa shape index (κ3) is 3.53. The molecule has 0 aliphatic heterocycles. The Hall–Kier alpha value is -2.86. The molecule has 0 aliphatic rings. The summed E-state index contributed by atoms with van der Waals surface area (Å²) in [4.78, 5) is 9.32. The number of nitrogens with one attached hydrogen (secondary N) is 1. The van der Waals surface area contributed by atoms with E-state index in [1.165, 1.54) is 0 Å². The van der Waals surface area contributed by atoms with E-state index >= 15 is 0 Å². The number of para-hydroxylation sites is 1. The number of halogens is 1. The summed E-state index contributed by atoms with van der Waals surface area (Å²) < 4.78 is 8.62. The third-order valence-electron chi connectivity index (χ3n) is 4.51. The topological polar surface area (TPSA) is 52.0 Å². The van der Waals surface area contributed by atoms with E-state index < -0.39 is 0 Å². The van der Waals surface area contributed by atoms with Crippen LogP contribution in [-0.4, -0.2) is 21.6 Å². The van der Waals surface area contributed by atoms with E-state index in [2.05, 4.69) is 38.4 Å². The monoisotopic (exact) mass is 422 g/mol. The minimum atomic E-state index is -0.193. The molecule has 2 aromatic heterocycles. The van der Waals surface area contributed by atoms with Crippen molar-refractivity contribution in [1.82, 2.24) is 14.5 Å². The number of nitrogens with zero attached hydrogens (tertiary/aromatic N) is 3. The minimum absolute atomic E-state index is 0.193. The summed E-state index contributed by atoms with van der Waals surface area (Å²) in [5.74, 6) is 2.48. The highest BCUT2D eigenvalue weighted by molar-refractivity contribution is 9.10. The maximum atomic E-state index is 5.58. The molecule has 0 aliphatic carbocycles. The largest absolute Gasteiger partial charge is 0.496 e. The summed E-state index contributed by atoms with van der Waals surface area (Å²) in [6, 6.07) is 17.9. The van der Waals surface area contributed by atoms with E-state index in [0.717, 1.165) is 38.3 Å². The van der Waals surface area contributed by atoms with Crippen LogP contribution in [0.1, 0.15) is 17.4 Å². The Labute approximate surface area is 166 Å². The van der Waals surface area contributed by atoms with Gasteiger partial charge in [-0.3, -0.25) is 0 Å². The number of imidazole rings is 1. The molecule has 1 N–H and O–H groups in total. The first-order valence-electron chi connectivity index (χ1n) is 8.58. The zero-order valence-corrected chi connectivity index (χ0v) is 16.6. The molecule has 0 amide bonds. The van der Waals surface area contributed by atoms with Crippen molar-refractivity contribution in [3.05, 3.63) is 82.9 Å². The Bertz CT molecular complexity index is 1090. The number of aromatic nitrogens is 3. The molecule has 6 heteroatoms. The number of methoxy groups -OCH3 is 1. The van der Waals surface area contributed by atoms with Crippen molar-refractivity contribution >= 4 is 32.7 Å². The molecule has 2 heterocycles. The van der Waals surface area contributed by atoms with Crippen molar-refractivity contribution in [2.75, 3.05) is 12.4 Å². The fourth-order valence-electron chi connectivity index (χ4n) is 3.17. The van der Waals surface area contributed by atoms with Crippen LogP contribution in [0.2, 0.25) is 0 Å². The zero-order chi connectivity index (χ0) is 18.8. The van der Waals surface area contributed by atoms with Gasteiger partial charge >= 0.3 is 0 Å². The van der Waals surface area contributed by atoms with Gasteiger partial charge in [0.2, 0.25) is 0 Å². The molecule has 0 radical (unpaired) electrons. The van der Waals surface area contributed by atoms with Crippen molar-refractivity contribution < 1.29 is 4.74 Å². The average Bonchev–Trinajstić information content (AvgIpc) is 3.12. The maximum absolute atomic E-state index is 5.58. The van der Waals surface area contributed by atoms with Gasteiger partial charge in [-0.2, -0.15) is 0 Å².